The Balaban J connectivity index is 1.63. The van der Waals surface area contributed by atoms with Crippen molar-refractivity contribution < 1.29 is 27.5 Å². The third-order valence-electron chi connectivity index (χ3n) is 4.35. The van der Waals surface area contributed by atoms with Crippen LogP contribution in [0.5, 0.6) is 0 Å². The summed E-state index contributed by atoms with van der Waals surface area (Å²) in [5.74, 6) is -1.70. The number of hydrogen-bond acceptors (Lipinski definition) is 7. The van der Waals surface area contributed by atoms with E-state index < -0.39 is 34.2 Å². The Bertz CT molecular complexity index is 910. The monoisotopic (exact) mass is 412 g/mol. The van der Waals surface area contributed by atoms with Gasteiger partial charge in [0.1, 0.15) is 5.71 Å². The van der Waals surface area contributed by atoms with Gasteiger partial charge in [0.25, 0.3) is 0 Å². The average molecular weight is 413 g/mol. The van der Waals surface area contributed by atoms with E-state index in [1.807, 2.05) is 0 Å². The number of esters is 1. The highest BCUT2D eigenvalue weighted by molar-refractivity contribution is 7.91. The fourth-order valence-corrected chi connectivity index (χ4v) is 4.72. The van der Waals surface area contributed by atoms with Crippen LogP contribution in [0.25, 0.3) is 0 Å². The van der Waals surface area contributed by atoms with Crippen LogP contribution in [0.3, 0.4) is 0 Å². The third kappa shape index (κ3) is 4.72. The van der Waals surface area contributed by atoms with Gasteiger partial charge < -0.3 is 4.74 Å². The quantitative estimate of drug-likeness (QED) is 0.531. The fraction of sp³-hybridized carbons (Fsp3) is 0.412. The molecule has 10 heteroatoms. The zero-order valence-corrected chi connectivity index (χ0v) is 15.8. The second-order valence-electron chi connectivity index (χ2n) is 6.35. The van der Waals surface area contributed by atoms with Gasteiger partial charge in [-0.1, -0.05) is 11.6 Å². The molecule has 1 aromatic carbocycles. The number of ether oxygens (including phenoxy) is 1. The van der Waals surface area contributed by atoms with Gasteiger partial charge in [-0.05, 0) is 30.7 Å². The number of ketones is 1. The first-order valence-corrected chi connectivity index (χ1v) is 10.5. The zero-order chi connectivity index (χ0) is 19.6. The molecule has 2 aliphatic heterocycles. The van der Waals surface area contributed by atoms with Crippen molar-refractivity contribution in [2.45, 2.75) is 25.3 Å². The zero-order valence-electron chi connectivity index (χ0n) is 14.3. The Hall–Kier alpha value is -2.26. The number of carbonyl (C=O) groups excluding carboxylic acids is 3. The number of nitrogens with zero attached hydrogens (tertiary/aromatic N) is 2. The lowest BCUT2D eigenvalue weighted by Gasteiger charge is -2.27. The Morgan fingerprint density at radius 3 is 2.56 bits per heavy atom. The van der Waals surface area contributed by atoms with Crippen molar-refractivity contribution >= 4 is 44.8 Å². The summed E-state index contributed by atoms with van der Waals surface area (Å²) < 4.78 is 28.2. The molecule has 0 N–H and O–H groups in total. The predicted molar refractivity (Wildman–Crippen MR) is 97.3 cm³/mol. The number of hydrogen-bond donors (Lipinski definition) is 0. The van der Waals surface area contributed by atoms with Gasteiger partial charge in [-0.15, -0.1) is 0 Å². The van der Waals surface area contributed by atoms with Crippen LogP contribution in [-0.4, -0.2) is 61.0 Å². The van der Waals surface area contributed by atoms with E-state index in [0.29, 0.717) is 10.6 Å². The Morgan fingerprint density at radius 2 is 1.93 bits per heavy atom. The molecule has 0 aromatic heterocycles. The molecule has 3 rings (SSSR count). The van der Waals surface area contributed by atoms with Crippen LogP contribution in [0, 0.1) is 0 Å². The van der Waals surface area contributed by atoms with Crippen LogP contribution in [0.2, 0.25) is 5.02 Å². The van der Waals surface area contributed by atoms with E-state index in [2.05, 4.69) is 5.10 Å². The SMILES string of the molecule is O=C(OCC(=O)c1ccc(Cl)cc1)C1=NN([C@@H]2CCS(=O)(=O)C2)C(=O)CC1. The maximum Gasteiger partial charge on any atom is 0.354 e. The number of benzene rings is 1. The standard InChI is InChI=1S/C17H17ClN2O6S/c18-12-3-1-11(2-4-12)15(21)9-26-17(23)14-5-6-16(22)20(19-14)13-7-8-27(24,25)10-13/h1-4,13H,5-10H2/t13-/m1/s1. The highest BCUT2D eigenvalue weighted by Gasteiger charge is 2.37. The van der Waals surface area contributed by atoms with Crippen molar-refractivity contribution in [3.8, 4) is 0 Å². The van der Waals surface area contributed by atoms with E-state index in [9.17, 15) is 22.8 Å². The van der Waals surface area contributed by atoms with Crippen molar-refractivity contribution in [1.82, 2.24) is 5.01 Å². The van der Waals surface area contributed by atoms with Crippen LogP contribution < -0.4 is 0 Å². The van der Waals surface area contributed by atoms with Gasteiger partial charge >= 0.3 is 5.97 Å². The van der Waals surface area contributed by atoms with Crippen LogP contribution in [0.1, 0.15) is 29.6 Å². The maximum absolute atomic E-state index is 12.2. The minimum atomic E-state index is -3.19. The maximum atomic E-state index is 12.2. The molecule has 2 heterocycles. The highest BCUT2D eigenvalue weighted by Crippen LogP contribution is 2.22. The normalized spacial score (nSPS) is 21.7. The number of Topliss-reactive ketones (excluding diaryl/α,β-unsaturated/α-hetero) is 1. The number of sulfone groups is 1. The van der Waals surface area contributed by atoms with Gasteiger partial charge in [0.15, 0.2) is 22.2 Å². The molecule has 1 saturated heterocycles. The first-order chi connectivity index (χ1) is 12.7. The van der Waals surface area contributed by atoms with Crippen LogP contribution in [0.15, 0.2) is 29.4 Å². The molecule has 1 amide bonds. The molecule has 0 unspecified atom stereocenters. The molecule has 1 fully saturated rings. The molecule has 0 bridgehead atoms. The molecule has 0 saturated carbocycles. The Labute approximate surface area is 161 Å². The predicted octanol–water partition coefficient (Wildman–Crippen LogP) is 1.23. The fourth-order valence-electron chi connectivity index (χ4n) is 2.91. The minimum absolute atomic E-state index is 0.00260. The van der Waals surface area contributed by atoms with Crippen LogP contribution >= 0.6 is 11.6 Å². The van der Waals surface area contributed by atoms with Crippen molar-refractivity contribution in [3.63, 3.8) is 0 Å². The Kier molecular flexibility index (Phi) is 5.61. The molecule has 0 spiro atoms. The minimum Gasteiger partial charge on any atom is -0.453 e. The molecule has 1 atom stereocenters. The summed E-state index contributed by atoms with van der Waals surface area (Å²) in [6.45, 7) is -0.467. The van der Waals surface area contributed by atoms with Gasteiger partial charge in [0.2, 0.25) is 5.91 Å². The van der Waals surface area contributed by atoms with E-state index in [-0.39, 0.29) is 42.4 Å². The summed E-state index contributed by atoms with van der Waals surface area (Å²) in [5.41, 5.74) is 0.355. The van der Waals surface area contributed by atoms with Crippen molar-refractivity contribution in [1.29, 1.82) is 0 Å². The number of carbonyl (C=O) groups is 3. The number of amides is 1. The molecule has 144 valence electrons. The molecule has 1 aromatic rings. The van der Waals surface area contributed by atoms with Crippen molar-refractivity contribution in [2.24, 2.45) is 5.10 Å². The molecule has 0 aliphatic carbocycles. The lowest BCUT2D eigenvalue weighted by molar-refractivity contribution is -0.136. The molecule has 27 heavy (non-hydrogen) atoms. The van der Waals surface area contributed by atoms with Crippen LogP contribution in [-0.2, 0) is 24.2 Å². The van der Waals surface area contributed by atoms with Crippen LogP contribution in [0.4, 0.5) is 0 Å². The lowest BCUT2D eigenvalue weighted by Crippen LogP contribution is -2.42. The summed E-state index contributed by atoms with van der Waals surface area (Å²) >= 11 is 5.76. The smallest absolute Gasteiger partial charge is 0.354 e. The molecular weight excluding hydrogens is 396 g/mol. The first kappa shape index (κ1) is 19.5. The second-order valence-corrected chi connectivity index (χ2v) is 9.01. The Morgan fingerprint density at radius 1 is 1.22 bits per heavy atom. The van der Waals surface area contributed by atoms with Gasteiger partial charge in [-0.2, -0.15) is 5.10 Å². The summed E-state index contributed by atoms with van der Waals surface area (Å²) in [6, 6.07) is 5.60. The molecule has 2 aliphatic rings. The highest BCUT2D eigenvalue weighted by atomic mass is 35.5. The summed E-state index contributed by atoms with van der Waals surface area (Å²) in [7, 11) is -3.19. The molecule has 8 nitrogen and oxygen atoms in total. The summed E-state index contributed by atoms with van der Waals surface area (Å²) in [5, 5.41) is 5.57. The second kappa shape index (κ2) is 7.77. The number of rotatable bonds is 5. The van der Waals surface area contributed by atoms with Gasteiger partial charge in [0, 0.05) is 23.4 Å². The molecule has 0 radical (unpaired) electrons. The summed E-state index contributed by atoms with van der Waals surface area (Å²) in [6.07, 6.45) is 0.410. The van der Waals surface area contributed by atoms with Gasteiger partial charge in [-0.3, -0.25) is 9.59 Å². The van der Waals surface area contributed by atoms with E-state index in [4.69, 9.17) is 16.3 Å². The van der Waals surface area contributed by atoms with E-state index >= 15 is 0 Å². The van der Waals surface area contributed by atoms with Crippen molar-refractivity contribution in [3.05, 3.63) is 34.9 Å². The lowest BCUT2D eigenvalue weighted by atomic mass is 10.1. The van der Waals surface area contributed by atoms with E-state index in [1.54, 1.807) is 12.1 Å². The first-order valence-electron chi connectivity index (χ1n) is 8.31. The third-order valence-corrected chi connectivity index (χ3v) is 6.35. The van der Waals surface area contributed by atoms with Gasteiger partial charge in [-0.25, -0.2) is 18.2 Å². The van der Waals surface area contributed by atoms with Gasteiger partial charge in [0.05, 0.1) is 17.5 Å². The topological polar surface area (TPSA) is 110 Å². The van der Waals surface area contributed by atoms with E-state index in [0.717, 1.165) is 5.01 Å². The molecular formula is C17H17ClN2O6S. The largest absolute Gasteiger partial charge is 0.453 e. The number of hydrazone groups is 1. The van der Waals surface area contributed by atoms with E-state index in [1.165, 1.54) is 12.1 Å². The average Bonchev–Trinajstić information content (AvgIpc) is 3.00. The summed E-state index contributed by atoms with van der Waals surface area (Å²) in [4.78, 5) is 36.3. The number of halogens is 1. The van der Waals surface area contributed by atoms with Crippen molar-refractivity contribution in [2.75, 3.05) is 18.1 Å².